The highest BCUT2D eigenvalue weighted by Gasteiger charge is 2.08. The molecule has 4 heteroatoms. The van der Waals surface area contributed by atoms with E-state index in [-0.39, 0.29) is 12.4 Å². The molecule has 0 bridgehead atoms. The van der Waals surface area contributed by atoms with Gasteiger partial charge in [-0.3, -0.25) is 4.79 Å². The van der Waals surface area contributed by atoms with E-state index in [0.29, 0.717) is 16.3 Å². The maximum absolute atomic E-state index is 12.0. The van der Waals surface area contributed by atoms with E-state index in [1.165, 1.54) is 0 Å². The third kappa shape index (κ3) is 3.53. The van der Waals surface area contributed by atoms with Gasteiger partial charge in [0.2, 0.25) is 0 Å². The van der Waals surface area contributed by atoms with Crippen molar-refractivity contribution in [3.8, 4) is 5.75 Å². The normalized spacial score (nSPS) is 10.4. The summed E-state index contributed by atoms with van der Waals surface area (Å²) in [4.78, 5) is 12.0. The first-order chi connectivity index (χ1) is 9.47. The fourth-order valence-electron chi connectivity index (χ4n) is 1.86. The maximum Gasteiger partial charge on any atom is 0.200 e. The van der Waals surface area contributed by atoms with Gasteiger partial charge < -0.3 is 4.74 Å². The van der Waals surface area contributed by atoms with Gasteiger partial charge in [0.05, 0.1) is 0 Å². The van der Waals surface area contributed by atoms with E-state index in [2.05, 4.69) is 0 Å². The maximum atomic E-state index is 12.0. The van der Waals surface area contributed by atoms with Crippen LogP contribution < -0.4 is 4.74 Å². The molecule has 0 atom stereocenters. The van der Waals surface area contributed by atoms with Gasteiger partial charge in [0.15, 0.2) is 12.4 Å². The molecule has 0 amide bonds. The molecule has 20 heavy (non-hydrogen) atoms. The predicted octanol–water partition coefficient (Wildman–Crippen LogP) is 4.87. The summed E-state index contributed by atoms with van der Waals surface area (Å²) in [5.41, 5.74) is 2.44. The summed E-state index contributed by atoms with van der Waals surface area (Å²) in [6.45, 7) is 3.80. The molecule has 104 valence electrons. The van der Waals surface area contributed by atoms with E-state index in [0.717, 1.165) is 16.1 Å². The second-order valence-electron chi connectivity index (χ2n) is 4.59. The first kappa shape index (κ1) is 14.9. The Bertz CT molecular complexity index is 610. The molecule has 2 rings (SSSR count). The molecule has 0 saturated carbocycles. The van der Waals surface area contributed by atoms with E-state index in [1.807, 2.05) is 26.0 Å². The summed E-state index contributed by atoms with van der Waals surface area (Å²) in [5, 5.41) is 1.33. The summed E-state index contributed by atoms with van der Waals surface area (Å²) in [5.74, 6) is 0.554. The number of carbonyl (C=O) groups excluding carboxylic acids is 1. The Balaban J connectivity index is 2.05. The Hall–Kier alpha value is -1.51. The van der Waals surface area contributed by atoms with E-state index in [1.54, 1.807) is 24.3 Å². The largest absolute Gasteiger partial charge is 0.485 e. The van der Waals surface area contributed by atoms with E-state index >= 15 is 0 Å². The summed E-state index contributed by atoms with van der Waals surface area (Å²) in [7, 11) is 0. The quantitative estimate of drug-likeness (QED) is 0.753. The fourth-order valence-corrected chi connectivity index (χ4v) is 2.09. The highest BCUT2D eigenvalue weighted by atomic mass is 35.5. The van der Waals surface area contributed by atoms with Crippen LogP contribution in [0.2, 0.25) is 10.0 Å². The molecular weight excluding hydrogens is 295 g/mol. The monoisotopic (exact) mass is 308 g/mol. The minimum atomic E-state index is -0.0908. The molecule has 0 spiro atoms. The SMILES string of the molecule is Cc1cc(OCC(=O)c2ccc(Cl)cc2)cc(C)c1Cl. The lowest BCUT2D eigenvalue weighted by Gasteiger charge is -2.09. The molecule has 2 aromatic rings. The lowest BCUT2D eigenvalue weighted by Crippen LogP contribution is -2.11. The van der Waals surface area contributed by atoms with Crippen molar-refractivity contribution in [1.29, 1.82) is 0 Å². The molecule has 2 aromatic carbocycles. The van der Waals surface area contributed by atoms with Crippen molar-refractivity contribution in [3.63, 3.8) is 0 Å². The van der Waals surface area contributed by atoms with Crippen molar-refractivity contribution in [1.82, 2.24) is 0 Å². The van der Waals surface area contributed by atoms with Crippen LogP contribution in [-0.2, 0) is 0 Å². The van der Waals surface area contributed by atoms with Crippen LogP contribution in [0.25, 0.3) is 0 Å². The van der Waals surface area contributed by atoms with E-state index < -0.39 is 0 Å². The Morgan fingerprint density at radius 3 is 2.15 bits per heavy atom. The van der Waals surface area contributed by atoms with Gasteiger partial charge in [-0.05, 0) is 61.4 Å². The summed E-state index contributed by atoms with van der Waals surface area (Å²) >= 11 is 11.9. The number of aryl methyl sites for hydroxylation is 2. The molecule has 0 N–H and O–H groups in total. The minimum Gasteiger partial charge on any atom is -0.485 e. The number of Topliss-reactive ketones (excluding diaryl/α,β-unsaturated/α-hetero) is 1. The number of ketones is 1. The van der Waals surface area contributed by atoms with Crippen molar-refractivity contribution in [2.75, 3.05) is 6.61 Å². The average molecular weight is 309 g/mol. The first-order valence-corrected chi connectivity index (χ1v) is 6.91. The van der Waals surface area contributed by atoms with Crippen LogP contribution in [0.5, 0.6) is 5.75 Å². The van der Waals surface area contributed by atoms with Crippen LogP contribution in [0.3, 0.4) is 0 Å². The van der Waals surface area contributed by atoms with E-state index in [9.17, 15) is 4.79 Å². The molecule has 0 saturated heterocycles. The van der Waals surface area contributed by atoms with Crippen LogP contribution in [-0.4, -0.2) is 12.4 Å². The summed E-state index contributed by atoms with van der Waals surface area (Å²) in [6.07, 6.45) is 0. The lowest BCUT2D eigenvalue weighted by atomic mass is 10.1. The van der Waals surface area contributed by atoms with Gasteiger partial charge in [-0.1, -0.05) is 23.2 Å². The summed E-state index contributed by atoms with van der Waals surface area (Å²) in [6, 6.07) is 10.4. The number of carbonyl (C=O) groups is 1. The topological polar surface area (TPSA) is 26.3 Å². The van der Waals surface area contributed by atoms with Crippen LogP contribution in [0.4, 0.5) is 0 Å². The molecule has 0 heterocycles. The third-order valence-corrected chi connectivity index (χ3v) is 3.79. The smallest absolute Gasteiger partial charge is 0.200 e. The number of hydrogen-bond acceptors (Lipinski definition) is 2. The first-order valence-electron chi connectivity index (χ1n) is 6.15. The zero-order chi connectivity index (χ0) is 14.7. The number of benzene rings is 2. The fraction of sp³-hybridized carbons (Fsp3) is 0.188. The standard InChI is InChI=1S/C16H14Cl2O2/c1-10-7-14(8-11(2)16(10)18)20-9-15(19)12-3-5-13(17)6-4-12/h3-8H,9H2,1-2H3. The molecule has 0 aliphatic carbocycles. The molecule has 0 radical (unpaired) electrons. The van der Waals surface area contributed by atoms with Crippen LogP contribution in [0.1, 0.15) is 21.5 Å². The van der Waals surface area contributed by atoms with Crippen LogP contribution in [0.15, 0.2) is 36.4 Å². The summed E-state index contributed by atoms with van der Waals surface area (Å²) < 4.78 is 5.53. The second kappa shape index (κ2) is 6.29. The Labute approximate surface area is 128 Å². The molecular formula is C16H14Cl2O2. The molecule has 0 aromatic heterocycles. The zero-order valence-electron chi connectivity index (χ0n) is 11.2. The Kier molecular flexibility index (Phi) is 4.69. The molecule has 0 aliphatic heterocycles. The molecule has 0 unspecified atom stereocenters. The molecule has 0 aliphatic rings. The highest BCUT2D eigenvalue weighted by molar-refractivity contribution is 6.32. The highest BCUT2D eigenvalue weighted by Crippen LogP contribution is 2.25. The molecule has 0 fully saturated rings. The van der Waals surface area contributed by atoms with Crippen LogP contribution >= 0.6 is 23.2 Å². The van der Waals surface area contributed by atoms with Gasteiger partial charge in [0.25, 0.3) is 0 Å². The number of ether oxygens (including phenoxy) is 1. The van der Waals surface area contributed by atoms with Gasteiger partial charge in [-0.15, -0.1) is 0 Å². The van der Waals surface area contributed by atoms with Gasteiger partial charge in [-0.25, -0.2) is 0 Å². The predicted molar refractivity (Wildman–Crippen MR) is 82.2 cm³/mol. The van der Waals surface area contributed by atoms with Gasteiger partial charge >= 0.3 is 0 Å². The van der Waals surface area contributed by atoms with Gasteiger partial charge in [0, 0.05) is 15.6 Å². The van der Waals surface area contributed by atoms with Gasteiger partial charge in [-0.2, -0.15) is 0 Å². The van der Waals surface area contributed by atoms with Crippen molar-refractivity contribution in [2.45, 2.75) is 13.8 Å². The Morgan fingerprint density at radius 2 is 1.60 bits per heavy atom. The van der Waals surface area contributed by atoms with E-state index in [4.69, 9.17) is 27.9 Å². The Morgan fingerprint density at radius 1 is 1.05 bits per heavy atom. The number of halogens is 2. The van der Waals surface area contributed by atoms with Crippen molar-refractivity contribution in [2.24, 2.45) is 0 Å². The van der Waals surface area contributed by atoms with Crippen molar-refractivity contribution in [3.05, 3.63) is 63.1 Å². The third-order valence-electron chi connectivity index (χ3n) is 2.95. The molecule has 2 nitrogen and oxygen atoms in total. The zero-order valence-corrected chi connectivity index (χ0v) is 12.8. The lowest BCUT2D eigenvalue weighted by molar-refractivity contribution is 0.0921. The minimum absolute atomic E-state index is 0.0118. The van der Waals surface area contributed by atoms with Gasteiger partial charge in [0.1, 0.15) is 5.75 Å². The van der Waals surface area contributed by atoms with Crippen molar-refractivity contribution >= 4 is 29.0 Å². The van der Waals surface area contributed by atoms with Crippen LogP contribution in [0, 0.1) is 13.8 Å². The number of rotatable bonds is 4. The number of hydrogen-bond donors (Lipinski definition) is 0. The average Bonchev–Trinajstić information content (AvgIpc) is 2.42. The van der Waals surface area contributed by atoms with Crippen molar-refractivity contribution < 1.29 is 9.53 Å². The second-order valence-corrected chi connectivity index (χ2v) is 5.40.